The first-order valence-corrected chi connectivity index (χ1v) is 7.88. The number of nitrogens with one attached hydrogen (secondary N) is 1. The Morgan fingerprint density at radius 2 is 1.74 bits per heavy atom. The maximum atomic E-state index is 6.28. The number of benzene rings is 2. The molecule has 0 amide bonds. The molecular weight excluding hydrogens is 314 g/mol. The minimum Gasteiger partial charge on any atom is -0.495 e. The van der Waals surface area contributed by atoms with Gasteiger partial charge >= 0.3 is 0 Å². The second kappa shape index (κ2) is 6.69. The number of fused-ring (bicyclic) bond motifs is 1. The largest absolute Gasteiger partial charge is 0.495 e. The van der Waals surface area contributed by atoms with Crippen LogP contribution in [0.15, 0.2) is 30.3 Å². The molecule has 23 heavy (non-hydrogen) atoms. The maximum absolute atomic E-state index is 6.28. The van der Waals surface area contributed by atoms with E-state index in [1.165, 1.54) is 11.1 Å². The SMILES string of the molecule is COc1ccc(C2NCCc3c2ccc(OC)c3OC)cc1Cl. The van der Waals surface area contributed by atoms with Gasteiger partial charge in [0.25, 0.3) is 0 Å². The van der Waals surface area contributed by atoms with E-state index in [2.05, 4.69) is 11.4 Å². The zero-order valence-corrected chi connectivity index (χ0v) is 14.2. The third-order valence-corrected chi connectivity index (χ3v) is 4.52. The fourth-order valence-corrected chi connectivity index (χ4v) is 3.41. The van der Waals surface area contributed by atoms with Gasteiger partial charge in [0.2, 0.25) is 0 Å². The number of hydrogen-bond acceptors (Lipinski definition) is 4. The average molecular weight is 334 g/mol. The molecule has 2 aromatic rings. The molecule has 1 heterocycles. The fourth-order valence-electron chi connectivity index (χ4n) is 3.15. The third-order valence-electron chi connectivity index (χ3n) is 4.23. The Labute approximate surface area is 141 Å². The van der Waals surface area contributed by atoms with Crippen LogP contribution >= 0.6 is 11.6 Å². The van der Waals surface area contributed by atoms with E-state index in [1.807, 2.05) is 24.3 Å². The molecule has 1 atom stereocenters. The molecule has 2 aromatic carbocycles. The molecule has 1 unspecified atom stereocenters. The van der Waals surface area contributed by atoms with Crippen molar-refractivity contribution in [3.8, 4) is 17.2 Å². The van der Waals surface area contributed by atoms with E-state index in [-0.39, 0.29) is 6.04 Å². The van der Waals surface area contributed by atoms with Crippen molar-refractivity contribution in [1.29, 1.82) is 0 Å². The number of ether oxygens (including phenoxy) is 3. The van der Waals surface area contributed by atoms with Crippen LogP contribution in [0.3, 0.4) is 0 Å². The van der Waals surface area contributed by atoms with Gasteiger partial charge in [-0.2, -0.15) is 0 Å². The van der Waals surface area contributed by atoms with E-state index < -0.39 is 0 Å². The minimum atomic E-state index is 0.0713. The normalized spacial score (nSPS) is 16.6. The Hall–Kier alpha value is -1.91. The molecule has 1 aliphatic heterocycles. The topological polar surface area (TPSA) is 39.7 Å². The van der Waals surface area contributed by atoms with Gasteiger partial charge in [-0.25, -0.2) is 0 Å². The molecule has 1 aliphatic rings. The van der Waals surface area contributed by atoms with E-state index in [1.54, 1.807) is 21.3 Å². The van der Waals surface area contributed by atoms with Crippen molar-refractivity contribution in [3.05, 3.63) is 52.0 Å². The Bertz CT molecular complexity index is 718. The van der Waals surface area contributed by atoms with Gasteiger partial charge in [-0.15, -0.1) is 0 Å². The highest BCUT2D eigenvalue weighted by Gasteiger charge is 2.26. The van der Waals surface area contributed by atoms with Crippen molar-refractivity contribution in [2.24, 2.45) is 0 Å². The van der Waals surface area contributed by atoms with Gasteiger partial charge in [0.15, 0.2) is 11.5 Å². The van der Waals surface area contributed by atoms with Gasteiger partial charge in [0, 0.05) is 12.1 Å². The summed E-state index contributed by atoms with van der Waals surface area (Å²) in [6, 6.07) is 9.99. The highest BCUT2D eigenvalue weighted by molar-refractivity contribution is 6.32. The molecule has 3 rings (SSSR count). The molecular formula is C18H20ClNO3. The van der Waals surface area contributed by atoms with Crippen LogP contribution in [0.4, 0.5) is 0 Å². The predicted octanol–water partition coefficient (Wildman–Crippen LogP) is 3.60. The number of rotatable bonds is 4. The van der Waals surface area contributed by atoms with Crippen LogP contribution in [0.5, 0.6) is 17.2 Å². The average Bonchev–Trinajstić information content (AvgIpc) is 2.59. The summed E-state index contributed by atoms with van der Waals surface area (Å²) in [5, 5.41) is 4.16. The first-order valence-electron chi connectivity index (χ1n) is 7.50. The monoisotopic (exact) mass is 333 g/mol. The van der Waals surface area contributed by atoms with Gasteiger partial charge in [-0.3, -0.25) is 0 Å². The molecule has 0 aliphatic carbocycles. The summed E-state index contributed by atoms with van der Waals surface area (Å²) in [7, 11) is 4.96. The lowest BCUT2D eigenvalue weighted by molar-refractivity contribution is 0.348. The lowest BCUT2D eigenvalue weighted by Crippen LogP contribution is -2.31. The molecule has 5 heteroatoms. The molecule has 4 nitrogen and oxygen atoms in total. The summed E-state index contributed by atoms with van der Waals surface area (Å²) in [6.45, 7) is 0.866. The van der Waals surface area contributed by atoms with Gasteiger partial charge in [0.05, 0.1) is 32.4 Å². The third kappa shape index (κ3) is 2.84. The smallest absolute Gasteiger partial charge is 0.164 e. The Balaban J connectivity index is 2.07. The van der Waals surface area contributed by atoms with Crippen molar-refractivity contribution in [2.45, 2.75) is 12.5 Å². The molecule has 0 fully saturated rings. The van der Waals surface area contributed by atoms with Crippen LogP contribution in [0, 0.1) is 0 Å². The molecule has 1 N–H and O–H groups in total. The van der Waals surface area contributed by atoms with E-state index in [4.69, 9.17) is 25.8 Å². The maximum Gasteiger partial charge on any atom is 0.164 e. The van der Waals surface area contributed by atoms with E-state index >= 15 is 0 Å². The zero-order valence-electron chi connectivity index (χ0n) is 13.5. The van der Waals surface area contributed by atoms with E-state index in [0.717, 1.165) is 30.0 Å². The quantitative estimate of drug-likeness (QED) is 0.928. The highest BCUT2D eigenvalue weighted by Crippen LogP contribution is 2.40. The lowest BCUT2D eigenvalue weighted by atomic mass is 9.89. The Morgan fingerprint density at radius 1 is 1.00 bits per heavy atom. The Kier molecular flexibility index (Phi) is 4.64. The zero-order chi connectivity index (χ0) is 16.4. The van der Waals surface area contributed by atoms with Crippen molar-refractivity contribution in [2.75, 3.05) is 27.9 Å². The number of hydrogen-bond donors (Lipinski definition) is 1. The van der Waals surface area contributed by atoms with Crippen molar-refractivity contribution >= 4 is 11.6 Å². The van der Waals surface area contributed by atoms with Crippen LogP contribution in [0.25, 0.3) is 0 Å². The van der Waals surface area contributed by atoms with Crippen LogP contribution in [0.1, 0.15) is 22.7 Å². The second-order valence-electron chi connectivity index (χ2n) is 5.40. The summed E-state index contributed by atoms with van der Waals surface area (Å²) < 4.78 is 16.2. The summed E-state index contributed by atoms with van der Waals surface area (Å²) in [5.41, 5.74) is 3.47. The van der Waals surface area contributed by atoms with Gasteiger partial charge in [-0.1, -0.05) is 23.7 Å². The molecule has 0 radical (unpaired) electrons. The van der Waals surface area contributed by atoms with Crippen LogP contribution in [-0.2, 0) is 6.42 Å². The summed E-state index contributed by atoms with van der Waals surface area (Å²) in [5.74, 6) is 2.26. The van der Waals surface area contributed by atoms with Crippen molar-refractivity contribution in [1.82, 2.24) is 5.32 Å². The van der Waals surface area contributed by atoms with Gasteiger partial charge < -0.3 is 19.5 Å². The molecule has 0 saturated carbocycles. The molecule has 0 saturated heterocycles. The summed E-state index contributed by atoms with van der Waals surface area (Å²) in [6.07, 6.45) is 0.899. The second-order valence-corrected chi connectivity index (χ2v) is 5.81. The molecule has 0 spiro atoms. The van der Waals surface area contributed by atoms with E-state index in [0.29, 0.717) is 10.8 Å². The van der Waals surface area contributed by atoms with Gasteiger partial charge in [-0.05, 0) is 35.7 Å². The minimum absolute atomic E-state index is 0.0713. The lowest BCUT2D eigenvalue weighted by Gasteiger charge is -2.29. The standard InChI is InChI=1S/C18H20ClNO3/c1-21-15-6-4-11(10-14(15)19)17-12-5-7-16(22-2)18(23-3)13(12)8-9-20-17/h4-7,10,17,20H,8-9H2,1-3H3. The fraction of sp³-hybridized carbons (Fsp3) is 0.333. The number of halogens is 1. The first-order chi connectivity index (χ1) is 11.2. The van der Waals surface area contributed by atoms with Crippen molar-refractivity contribution in [3.63, 3.8) is 0 Å². The molecule has 0 bridgehead atoms. The molecule has 0 aromatic heterocycles. The van der Waals surface area contributed by atoms with E-state index in [9.17, 15) is 0 Å². The van der Waals surface area contributed by atoms with Crippen LogP contribution < -0.4 is 19.5 Å². The first kappa shape index (κ1) is 16.0. The van der Waals surface area contributed by atoms with Crippen molar-refractivity contribution < 1.29 is 14.2 Å². The predicted molar refractivity (Wildman–Crippen MR) is 91.1 cm³/mol. The summed E-state index contributed by atoms with van der Waals surface area (Å²) >= 11 is 6.28. The van der Waals surface area contributed by atoms with Gasteiger partial charge in [0.1, 0.15) is 5.75 Å². The highest BCUT2D eigenvalue weighted by atomic mass is 35.5. The summed E-state index contributed by atoms with van der Waals surface area (Å²) in [4.78, 5) is 0. The number of methoxy groups -OCH3 is 3. The Morgan fingerprint density at radius 3 is 2.39 bits per heavy atom. The van der Waals surface area contributed by atoms with Crippen LogP contribution in [-0.4, -0.2) is 27.9 Å². The molecule has 122 valence electrons. The van der Waals surface area contributed by atoms with Crippen LogP contribution in [0.2, 0.25) is 5.02 Å².